The number of sulfonamides is 1. The molecule has 27 heavy (non-hydrogen) atoms. The van der Waals surface area contributed by atoms with Crippen LogP contribution in [0.2, 0.25) is 5.02 Å². The maximum absolute atomic E-state index is 11.7. The van der Waals surface area contributed by atoms with E-state index in [1.54, 1.807) is 13.2 Å². The van der Waals surface area contributed by atoms with Crippen LogP contribution in [0.4, 0.5) is 5.69 Å². The fourth-order valence-corrected chi connectivity index (χ4v) is 4.38. The highest BCUT2D eigenvalue weighted by atomic mass is 79.9. The van der Waals surface area contributed by atoms with Gasteiger partial charge in [-0.3, -0.25) is 0 Å². The molecule has 144 valence electrons. The molecule has 0 unspecified atom stereocenters. The number of hydrogen-bond donors (Lipinski definition) is 1. The van der Waals surface area contributed by atoms with Crippen molar-refractivity contribution in [1.82, 2.24) is 4.57 Å². The van der Waals surface area contributed by atoms with Gasteiger partial charge in [0, 0.05) is 18.0 Å². The maximum atomic E-state index is 11.7. The highest BCUT2D eigenvalue weighted by Crippen LogP contribution is 2.28. The lowest BCUT2D eigenvalue weighted by molar-refractivity contribution is 0.415. The molecular weight excluding hydrogens is 474 g/mol. The van der Waals surface area contributed by atoms with Gasteiger partial charge >= 0.3 is 0 Å². The Balaban J connectivity index is 0.00000261. The van der Waals surface area contributed by atoms with E-state index in [0.29, 0.717) is 5.56 Å². The Morgan fingerprint density at radius 1 is 1.19 bits per heavy atom. The number of benzene rings is 2. The third-order valence-electron chi connectivity index (χ3n) is 3.75. The molecule has 0 amide bonds. The number of aromatic nitrogens is 1. The first-order valence-corrected chi connectivity index (χ1v) is 10.3. The van der Waals surface area contributed by atoms with E-state index in [2.05, 4.69) is 4.99 Å². The number of methoxy groups -OCH3 is 1. The van der Waals surface area contributed by atoms with Gasteiger partial charge in [0.15, 0.2) is 4.80 Å². The summed E-state index contributed by atoms with van der Waals surface area (Å²) in [6, 6.07) is 12.1. The number of primary sulfonamides is 1. The standard InChI is InChI=1S/C17H16ClN3O3S2.BrH/c1-21-15(11-3-8-14(18)16(9-11)26(19,22)23)10-25-17(21)20-12-4-6-13(24-2)7-5-12;/h3-10H,1-2H3,(H2,19,22,23);1H. The van der Waals surface area contributed by atoms with E-state index in [-0.39, 0.29) is 26.9 Å². The zero-order valence-corrected chi connectivity index (χ0v) is 18.5. The molecule has 0 aliphatic heterocycles. The molecule has 0 spiro atoms. The Kier molecular flexibility index (Phi) is 6.87. The lowest BCUT2D eigenvalue weighted by atomic mass is 10.2. The average molecular weight is 491 g/mol. The Labute approximate surface area is 176 Å². The van der Waals surface area contributed by atoms with Crippen molar-refractivity contribution >= 4 is 55.6 Å². The summed E-state index contributed by atoms with van der Waals surface area (Å²) in [6.07, 6.45) is 0. The molecule has 1 heterocycles. The number of nitrogens with zero attached hydrogens (tertiary/aromatic N) is 2. The van der Waals surface area contributed by atoms with Crippen LogP contribution in [0.5, 0.6) is 5.75 Å². The van der Waals surface area contributed by atoms with Crippen LogP contribution in [0.1, 0.15) is 0 Å². The van der Waals surface area contributed by atoms with Crippen LogP contribution in [0.15, 0.2) is 57.7 Å². The molecule has 0 saturated heterocycles. The highest BCUT2D eigenvalue weighted by molar-refractivity contribution is 8.93. The number of thiazole rings is 1. The fraction of sp³-hybridized carbons (Fsp3) is 0.118. The summed E-state index contributed by atoms with van der Waals surface area (Å²) in [5, 5.41) is 7.22. The first kappa shape index (κ1) is 21.6. The summed E-state index contributed by atoms with van der Waals surface area (Å²) in [5.74, 6) is 0.761. The van der Waals surface area contributed by atoms with Gasteiger partial charge in [0.1, 0.15) is 10.6 Å². The van der Waals surface area contributed by atoms with Crippen LogP contribution in [0.25, 0.3) is 11.3 Å². The highest BCUT2D eigenvalue weighted by Gasteiger charge is 2.15. The molecule has 3 aromatic rings. The summed E-state index contributed by atoms with van der Waals surface area (Å²) in [6.45, 7) is 0. The minimum atomic E-state index is -3.90. The number of ether oxygens (including phenoxy) is 1. The van der Waals surface area contributed by atoms with Crippen molar-refractivity contribution in [3.05, 3.63) is 57.7 Å². The summed E-state index contributed by atoms with van der Waals surface area (Å²) in [5.41, 5.74) is 2.29. The molecule has 2 aromatic carbocycles. The van der Waals surface area contributed by atoms with Crippen molar-refractivity contribution in [3.8, 4) is 17.0 Å². The summed E-state index contributed by atoms with van der Waals surface area (Å²) in [7, 11) is -0.427. The van der Waals surface area contributed by atoms with Crippen LogP contribution in [-0.2, 0) is 17.1 Å². The average Bonchev–Trinajstić information content (AvgIpc) is 2.96. The number of nitrogens with two attached hydrogens (primary N) is 1. The van der Waals surface area contributed by atoms with Gasteiger partial charge < -0.3 is 9.30 Å². The largest absolute Gasteiger partial charge is 0.497 e. The van der Waals surface area contributed by atoms with Crippen molar-refractivity contribution in [1.29, 1.82) is 0 Å². The van der Waals surface area contributed by atoms with E-state index in [0.717, 1.165) is 21.9 Å². The Hall–Kier alpha value is -1.65. The van der Waals surface area contributed by atoms with Gasteiger partial charge in [-0.1, -0.05) is 17.7 Å². The van der Waals surface area contributed by atoms with E-state index in [1.807, 2.05) is 41.3 Å². The Morgan fingerprint density at radius 3 is 2.44 bits per heavy atom. The molecular formula is C17H17BrClN3O3S2. The second-order valence-electron chi connectivity index (χ2n) is 5.46. The van der Waals surface area contributed by atoms with Crippen molar-refractivity contribution in [2.45, 2.75) is 4.90 Å². The van der Waals surface area contributed by atoms with Crippen LogP contribution >= 0.6 is 39.9 Å². The molecule has 0 saturated carbocycles. The topological polar surface area (TPSA) is 86.7 Å². The molecule has 0 bridgehead atoms. The molecule has 0 radical (unpaired) electrons. The van der Waals surface area contributed by atoms with Crippen LogP contribution in [0.3, 0.4) is 0 Å². The van der Waals surface area contributed by atoms with E-state index in [1.165, 1.54) is 23.5 Å². The molecule has 2 N–H and O–H groups in total. The number of halogens is 2. The first-order chi connectivity index (χ1) is 12.3. The smallest absolute Gasteiger partial charge is 0.239 e. The van der Waals surface area contributed by atoms with E-state index in [4.69, 9.17) is 21.5 Å². The SMILES string of the molecule is Br.COc1ccc(N=c2scc(-c3ccc(Cl)c(S(N)(=O)=O)c3)n2C)cc1. The fourth-order valence-electron chi connectivity index (χ4n) is 2.38. The molecule has 3 rings (SSSR count). The van der Waals surface area contributed by atoms with Crippen molar-refractivity contribution < 1.29 is 13.2 Å². The molecule has 10 heteroatoms. The third-order valence-corrected chi connectivity index (χ3v) is 6.06. The minimum Gasteiger partial charge on any atom is -0.497 e. The van der Waals surface area contributed by atoms with Crippen molar-refractivity contribution in [3.63, 3.8) is 0 Å². The predicted molar refractivity (Wildman–Crippen MR) is 114 cm³/mol. The van der Waals surface area contributed by atoms with Gasteiger partial charge in [0.25, 0.3) is 0 Å². The van der Waals surface area contributed by atoms with Gasteiger partial charge in [-0.25, -0.2) is 18.5 Å². The van der Waals surface area contributed by atoms with E-state index in [9.17, 15) is 8.42 Å². The monoisotopic (exact) mass is 489 g/mol. The van der Waals surface area contributed by atoms with Gasteiger partial charge in [-0.15, -0.1) is 28.3 Å². The van der Waals surface area contributed by atoms with Gasteiger partial charge in [0.05, 0.1) is 23.5 Å². The van der Waals surface area contributed by atoms with Crippen molar-refractivity contribution in [2.24, 2.45) is 17.2 Å². The number of hydrogen-bond acceptors (Lipinski definition) is 5. The third kappa shape index (κ3) is 4.80. The summed E-state index contributed by atoms with van der Waals surface area (Å²) in [4.78, 5) is 5.27. The molecule has 6 nitrogen and oxygen atoms in total. The Bertz CT molecular complexity index is 1120. The molecule has 1 aromatic heterocycles. The van der Waals surface area contributed by atoms with E-state index >= 15 is 0 Å². The summed E-state index contributed by atoms with van der Waals surface area (Å²) < 4.78 is 30.4. The lowest BCUT2D eigenvalue weighted by Gasteiger charge is -2.07. The second-order valence-corrected chi connectivity index (χ2v) is 8.24. The van der Waals surface area contributed by atoms with Crippen LogP contribution in [-0.4, -0.2) is 20.1 Å². The molecule has 0 aliphatic carbocycles. The summed E-state index contributed by atoms with van der Waals surface area (Å²) >= 11 is 7.40. The van der Waals surface area contributed by atoms with Crippen LogP contribution in [0, 0.1) is 0 Å². The van der Waals surface area contributed by atoms with Gasteiger partial charge in [-0.05, 0) is 36.4 Å². The van der Waals surface area contributed by atoms with Gasteiger partial charge in [0.2, 0.25) is 10.0 Å². The molecule has 0 fully saturated rings. The predicted octanol–water partition coefficient (Wildman–Crippen LogP) is 3.87. The zero-order chi connectivity index (χ0) is 18.9. The molecule has 0 aliphatic rings. The maximum Gasteiger partial charge on any atom is 0.239 e. The first-order valence-electron chi connectivity index (χ1n) is 7.45. The molecule has 0 atom stereocenters. The lowest BCUT2D eigenvalue weighted by Crippen LogP contribution is -2.13. The second kappa shape index (κ2) is 8.57. The van der Waals surface area contributed by atoms with Crippen LogP contribution < -0.4 is 14.7 Å². The quantitative estimate of drug-likeness (QED) is 0.602. The normalized spacial score (nSPS) is 11.9. The number of rotatable bonds is 4. The van der Waals surface area contributed by atoms with Crippen molar-refractivity contribution in [2.75, 3.05) is 7.11 Å². The zero-order valence-electron chi connectivity index (χ0n) is 14.4. The Morgan fingerprint density at radius 2 is 1.85 bits per heavy atom. The minimum absolute atomic E-state index is 0. The van der Waals surface area contributed by atoms with Gasteiger partial charge in [-0.2, -0.15) is 0 Å². The van der Waals surface area contributed by atoms with E-state index < -0.39 is 10.0 Å².